The molecule has 4 heteroatoms. The predicted octanol–water partition coefficient (Wildman–Crippen LogP) is 3.93. The fraction of sp³-hybridized carbons (Fsp3) is 0.435. The van der Waals surface area contributed by atoms with Gasteiger partial charge in [0.25, 0.3) is 0 Å². The van der Waals surface area contributed by atoms with E-state index in [4.69, 9.17) is 0 Å². The molecule has 2 aromatic heterocycles. The van der Waals surface area contributed by atoms with Crippen LogP contribution in [0.2, 0.25) is 0 Å². The molecule has 1 N–H and O–H groups in total. The van der Waals surface area contributed by atoms with Crippen LogP contribution in [0, 0.1) is 13.8 Å². The molecule has 1 saturated heterocycles. The Bertz CT molecular complexity index is 989. The van der Waals surface area contributed by atoms with Crippen molar-refractivity contribution in [2.45, 2.75) is 45.2 Å². The van der Waals surface area contributed by atoms with Crippen molar-refractivity contribution in [1.82, 2.24) is 14.5 Å². The van der Waals surface area contributed by atoms with Crippen LogP contribution in [-0.4, -0.2) is 39.3 Å². The van der Waals surface area contributed by atoms with Crippen molar-refractivity contribution >= 4 is 10.9 Å². The first-order chi connectivity index (χ1) is 13.2. The lowest BCUT2D eigenvalue weighted by Gasteiger charge is -2.32. The zero-order valence-electron chi connectivity index (χ0n) is 16.2. The maximum Gasteiger partial charge on any atom is 0.0834 e. The Balaban J connectivity index is 1.76. The SMILES string of the molecule is Cc1ccc2c(c1)c1c(n2C(CO)c2ccc(C)nc2)CCN2CCCC12. The second-order valence-electron chi connectivity index (χ2n) is 8.13. The van der Waals surface area contributed by atoms with Crippen molar-refractivity contribution in [3.05, 3.63) is 64.6 Å². The topological polar surface area (TPSA) is 41.3 Å². The molecule has 0 saturated carbocycles. The summed E-state index contributed by atoms with van der Waals surface area (Å²) < 4.78 is 2.41. The lowest BCUT2D eigenvalue weighted by molar-refractivity contribution is 0.229. The highest BCUT2D eigenvalue weighted by Crippen LogP contribution is 2.44. The molecule has 3 aromatic rings. The van der Waals surface area contributed by atoms with Gasteiger partial charge in [-0.2, -0.15) is 0 Å². The fourth-order valence-corrected chi connectivity index (χ4v) is 5.17. The number of benzene rings is 1. The smallest absolute Gasteiger partial charge is 0.0834 e. The van der Waals surface area contributed by atoms with Crippen LogP contribution in [0.5, 0.6) is 0 Å². The summed E-state index contributed by atoms with van der Waals surface area (Å²) in [5.41, 5.74) is 7.56. The van der Waals surface area contributed by atoms with Gasteiger partial charge in [0, 0.05) is 47.5 Å². The molecule has 27 heavy (non-hydrogen) atoms. The quantitative estimate of drug-likeness (QED) is 0.768. The Kier molecular flexibility index (Phi) is 4.06. The number of hydrogen-bond acceptors (Lipinski definition) is 3. The first-order valence-electron chi connectivity index (χ1n) is 10.1. The highest BCUT2D eigenvalue weighted by Gasteiger charge is 2.36. The average Bonchev–Trinajstić information content (AvgIpc) is 3.26. The molecule has 140 valence electrons. The summed E-state index contributed by atoms with van der Waals surface area (Å²) in [6, 6.07) is 11.4. The molecule has 5 rings (SSSR count). The third-order valence-electron chi connectivity index (χ3n) is 6.44. The van der Waals surface area contributed by atoms with Gasteiger partial charge in [0.15, 0.2) is 0 Å². The van der Waals surface area contributed by atoms with E-state index < -0.39 is 0 Å². The number of aliphatic hydroxyl groups excluding tert-OH is 1. The molecular weight excluding hydrogens is 334 g/mol. The summed E-state index contributed by atoms with van der Waals surface area (Å²) in [4.78, 5) is 7.13. The van der Waals surface area contributed by atoms with Crippen LogP contribution in [0.1, 0.15) is 53.0 Å². The summed E-state index contributed by atoms with van der Waals surface area (Å²) in [5, 5.41) is 11.7. The van der Waals surface area contributed by atoms with E-state index in [-0.39, 0.29) is 12.6 Å². The van der Waals surface area contributed by atoms with Crippen LogP contribution in [0.15, 0.2) is 36.5 Å². The molecular formula is C23H27N3O. The van der Waals surface area contributed by atoms with Crippen LogP contribution in [0.3, 0.4) is 0 Å². The van der Waals surface area contributed by atoms with E-state index in [0.717, 1.165) is 24.2 Å². The summed E-state index contributed by atoms with van der Waals surface area (Å²) in [7, 11) is 0. The van der Waals surface area contributed by atoms with E-state index >= 15 is 0 Å². The Labute approximate surface area is 160 Å². The van der Waals surface area contributed by atoms with Gasteiger partial charge in [-0.25, -0.2) is 0 Å². The average molecular weight is 361 g/mol. The first-order valence-corrected chi connectivity index (χ1v) is 10.1. The van der Waals surface area contributed by atoms with Crippen LogP contribution in [-0.2, 0) is 6.42 Å². The normalized spacial score (nSPS) is 20.6. The second kappa shape index (κ2) is 6.47. The molecule has 1 fully saturated rings. The minimum Gasteiger partial charge on any atom is -0.394 e. The first kappa shape index (κ1) is 17.0. The van der Waals surface area contributed by atoms with Gasteiger partial charge >= 0.3 is 0 Å². The predicted molar refractivity (Wildman–Crippen MR) is 108 cm³/mol. The van der Waals surface area contributed by atoms with Gasteiger partial charge < -0.3 is 9.67 Å². The van der Waals surface area contributed by atoms with Crippen molar-refractivity contribution in [3.63, 3.8) is 0 Å². The van der Waals surface area contributed by atoms with Gasteiger partial charge in [0.2, 0.25) is 0 Å². The zero-order valence-corrected chi connectivity index (χ0v) is 16.2. The van der Waals surface area contributed by atoms with Crippen LogP contribution in [0.25, 0.3) is 10.9 Å². The van der Waals surface area contributed by atoms with Crippen LogP contribution in [0.4, 0.5) is 0 Å². The summed E-state index contributed by atoms with van der Waals surface area (Å²) in [6.45, 7) is 6.60. The van der Waals surface area contributed by atoms with E-state index in [1.165, 1.54) is 47.1 Å². The van der Waals surface area contributed by atoms with E-state index in [9.17, 15) is 5.11 Å². The largest absolute Gasteiger partial charge is 0.394 e. The molecule has 0 amide bonds. The Morgan fingerprint density at radius 1 is 1.19 bits per heavy atom. The van der Waals surface area contributed by atoms with Gasteiger partial charge in [0.05, 0.1) is 12.6 Å². The zero-order chi connectivity index (χ0) is 18.5. The molecule has 0 radical (unpaired) electrons. The molecule has 0 spiro atoms. The number of aliphatic hydroxyl groups is 1. The van der Waals surface area contributed by atoms with Gasteiger partial charge in [-0.05, 0) is 62.6 Å². The molecule has 4 heterocycles. The molecule has 0 aliphatic carbocycles. The second-order valence-corrected chi connectivity index (χ2v) is 8.13. The van der Waals surface area contributed by atoms with E-state index in [1.54, 1.807) is 0 Å². The molecule has 2 aliphatic heterocycles. The van der Waals surface area contributed by atoms with Crippen molar-refractivity contribution in [2.75, 3.05) is 19.7 Å². The molecule has 2 aliphatic rings. The lowest BCUT2D eigenvalue weighted by Crippen LogP contribution is -2.32. The fourth-order valence-electron chi connectivity index (χ4n) is 5.17. The Morgan fingerprint density at radius 3 is 2.85 bits per heavy atom. The standard InChI is InChI=1S/C23H27N3O/c1-15-5-8-19-18(12-15)23-20-4-3-10-25(20)11-9-21(23)26(19)22(14-27)17-7-6-16(2)24-13-17/h5-8,12-13,20,22,27H,3-4,9-11,14H2,1-2H3. The summed E-state index contributed by atoms with van der Waals surface area (Å²) in [5.74, 6) is 0. The maximum atomic E-state index is 10.4. The third-order valence-corrected chi connectivity index (χ3v) is 6.44. The van der Waals surface area contributed by atoms with E-state index in [1.807, 2.05) is 19.2 Å². The minimum absolute atomic E-state index is 0.0833. The van der Waals surface area contributed by atoms with Crippen LogP contribution < -0.4 is 0 Å². The molecule has 2 atom stereocenters. The third kappa shape index (κ3) is 2.62. The number of rotatable bonds is 3. The minimum atomic E-state index is -0.0833. The van der Waals surface area contributed by atoms with Gasteiger partial charge in [-0.3, -0.25) is 9.88 Å². The van der Waals surface area contributed by atoms with Crippen molar-refractivity contribution in [2.24, 2.45) is 0 Å². The highest BCUT2D eigenvalue weighted by molar-refractivity contribution is 5.87. The molecule has 2 unspecified atom stereocenters. The maximum absolute atomic E-state index is 10.4. The van der Waals surface area contributed by atoms with Gasteiger partial charge in [-0.1, -0.05) is 17.7 Å². The van der Waals surface area contributed by atoms with Crippen molar-refractivity contribution in [3.8, 4) is 0 Å². The van der Waals surface area contributed by atoms with E-state index in [0.29, 0.717) is 6.04 Å². The number of fused-ring (bicyclic) bond motifs is 5. The number of pyridine rings is 1. The van der Waals surface area contributed by atoms with Gasteiger partial charge in [0.1, 0.15) is 0 Å². The Hall–Kier alpha value is -2.17. The van der Waals surface area contributed by atoms with Crippen molar-refractivity contribution in [1.29, 1.82) is 0 Å². The monoisotopic (exact) mass is 361 g/mol. The summed E-state index contributed by atoms with van der Waals surface area (Å²) in [6.07, 6.45) is 5.51. The van der Waals surface area contributed by atoms with Crippen LogP contribution >= 0.6 is 0 Å². The highest BCUT2D eigenvalue weighted by atomic mass is 16.3. The molecule has 1 aromatic carbocycles. The van der Waals surface area contributed by atoms with Crippen molar-refractivity contribution < 1.29 is 5.11 Å². The molecule has 0 bridgehead atoms. The number of hydrogen-bond donors (Lipinski definition) is 1. The number of aryl methyl sites for hydroxylation is 2. The van der Waals surface area contributed by atoms with E-state index in [2.05, 4.69) is 45.6 Å². The summed E-state index contributed by atoms with van der Waals surface area (Å²) >= 11 is 0. The Morgan fingerprint density at radius 2 is 2.07 bits per heavy atom. The van der Waals surface area contributed by atoms with Gasteiger partial charge in [-0.15, -0.1) is 0 Å². The number of aromatic nitrogens is 2. The number of nitrogens with zero attached hydrogens (tertiary/aromatic N) is 3. The molecule has 4 nitrogen and oxygen atoms in total. The lowest BCUT2D eigenvalue weighted by atomic mass is 9.95.